The minimum Gasteiger partial charge on any atom is -0.493 e. The lowest BCUT2D eigenvalue weighted by atomic mass is 10.1. The number of aliphatic carboxylic acids is 1. The molecule has 1 atom stereocenters. The second kappa shape index (κ2) is 5.55. The fourth-order valence-electron chi connectivity index (χ4n) is 2.30. The standard InChI is InChI=1S/C14H9ClN2O4S2/c1-5(13(20)21)17-12(19)10(23-14(17)22)9-7-4-6(15)2-3-8(7)16-11(9)18/h2-5,19H,1H3,(H,20,21). The van der Waals surface area contributed by atoms with E-state index < -0.39 is 17.9 Å². The van der Waals surface area contributed by atoms with Crippen molar-refractivity contribution in [3.63, 3.8) is 0 Å². The largest absolute Gasteiger partial charge is 0.493 e. The lowest BCUT2D eigenvalue weighted by Gasteiger charge is -2.09. The van der Waals surface area contributed by atoms with Crippen LogP contribution >= 0.6 is 35.2 Å². The van der Waals surface area contributed by atoms with E-state index in [1.54, 1.807) is 18.2 Å². The van der Waals surface area contributed by atoms with E-state index in [0.717, 1.165) is 15.9 Å². The van der Waals surface area contributed by atoms with Crippen molar-refractivity contribution in [3.05, 3.63) is 42.6 Å². The van der Waals surface area contributed by atoms with Gasteiger partial charge in [0, 0.05) is 10.2 Å². The summed E-state index contributed by atoms with van der Waals surface area (Å²) in [5.74, 6) is -2.03. The maximum atomic E-state index is 12.2. The number of fused-ring (bicyclic) bond motifs is 1. The SMILES string of the molecule is CC(C(=O)O)n1c(O)c(C2=c3cc(Cl)ccc3=NC2=O)sc1=S. The summed E-state index contributed by atoms with van der Waals surface area (Å²) in [6, 6.07) is 3.74. The molecule has 0 aliphatic carbocycles. The third-order valence-corrected chi connectivity index (χ3v) is 5.10. The van der Waals surface area contributed by atoms with Crippen molar-refractivity contribution in [1.29, 1.82) is 0 Å². The molecule has 0 saturated carbocycles. The van der Waals surface area contributed by atoms with Crippen LogP contribution in [0.25, 0.3) is 5.57 Å². The van der Waals surface area contributed by atoms with Crippen molar-refractivity contribution in [2.45, 2.75) is 13.0 Å². The Morgan fingerprint density at radius 1 is 1.48 bits per heavy atom. The molecule has 1 aliphatic heterocycles. The van der Waals surface area contributed by atoms with Crippen LogP contribution in [0.3, 0.4) is 0 Å². The summed E-state index contributed by atoms with van der Waals surface area (Å²) in [4.78, 5) is 27.5. The zero-order valence-corrected chi connectivity index (χ0v) is 14.0. The van der Waals surface area contributed by atoms with Crippen molar-refractivity contribution >= 4 is 52.6 Å². The zero-order chi connectivity index (χ0) is 16.9. The van der Waals surface area contributed by atoms with Crippen LogP contribution in [0.15, 0.2) is 23.2 Å². The molecule has 0 fully saturated rings. The molecule has 6 nitrogen and oxygen atoms in total. The highest BCUT2D eigenvalue weighted by atomic mass is 35.5. The van der Waals surface area contributed by atoms with Crippen LogP contribution < -0.4 is 10.6 Å². The highest BCUT2D eigenvalue weighted by Gasteiger charge is 2.28. The minimum absolute atomic E-state index is 0.156. The molecule has 0 saturated heterocycles. The lowest BCUT2D eigenvalue weighted by molar-refractivity contribution is -0.140. The van der Waals surface area contributed by atoms with Crippen LogP contribution in [-0.4, -0.2) is 26.7 Å². The molecule has 2 heterocycles. The topological polar surface area (TPSA) is 91.9 Å². The molecule has 2 N–H and O–H groups in total. The van der Waals surface area contributed by atoms with Crippen molar-refractivity contribution in [3.8, 4) is 5.88 Å². The number of hydrogen-bond donors (Lipinski definition) is 2. The molecule has 1 unspecified atom stereocenters. The van der Waals surface area contributed by atoms with Gasteiger partial charge < -0.3 is 10.2 Å². The molecule has 1 aliphatic rings. The van der Waals surface area contributed by atoms with Gasteiger partial charge in [-0.15, -0.1) is 11.3 Å². The van der Waals surface area contributed by atoms with Crippen LogP contribution in [0.1, 0.15) is 17.8 Å². The number of hydrogen-bond acceptors (Lipinski definition) is 5. The molecule has 1 aromatic carbocycles. The van der Waals surface area contributed by atoms with Crippen molar-refractivity contribution in [2.24, 2.45) is 4.99 Å². The van der Waals surface area contributed by atoms with E-state index in [4.69, 9.17) is 28.9 Å². The summed E-state index contributed by atoms with van der Waals surface area (Å²) in [5, 5.41) is 20.9. The normalized spacial score (nSPS) is 14.5. The minimum atomic E-state index is -1.14. The Morgan fingerprint density at radius 2 is 2.17 bits per heavy atom. The van der Waals surface area contributed by atoms with Gasteiger partial charge in [-0.05, 0) is 37.3 Å². The van der Waals surface area contributed by atoms with Crippen LogP contribution in [0.5, 0.6) is 5.88 Å². The second-order valence-electron chi connectivity index (χ2n) is 4.86. The fourth-order valence-corrected chi connectivity index (χ4v) is 3.97. The van der Waals surface area contributed by atoms with Gasteiger partial charge in [-0.25, -0.2) is 9.79 Å². The fraction of sp³-hybridized carbons (Fsp3) is 0.143. The highest BCUT2D eigenvalue weighted by Crippen LogP contribution is 2.34. The van der Waals surface area contributed by atoms with Gasteiger partial charge in [-0.2, -0.15) is 0 Å². The van der Waals surface area contributed by atoms with Crippen molar-refractivity contribution < 1.29 is 19.8 Å². The van der Waals surface area contributed by atoms with E-state index >= 15 is 0 Å². The number of thiazole rings is 1. The number of amides is 1. The van der Waals surface area contributed by atoms with Gasteiger partial charge >= 0.3 is 5.97 Å². The van der Waals surface area contributed by atoms with E-state index in [1.807, 2.05) is 0 Å². The lowest BCUT2D eigenvalue weighted by Crippen LogP contribution is -2.22. The van der Waals surface area contributed by atoms with Crippen LogP contribution in [0.4, 0.5) is 0 Å². The number of carbonyl (C=O) groups is 2. The number of halogens is 1. The number of carbonyl (C=O) groups excluding carboxylic acids is 1. The number of carboxylic acid groups (broad SMARTS) is 1. The van der Waals surface area contributed by atoms with E-state index in [2.05, 4.69) is 4.99 Å². The first kappa shape index (κ1) is 15.9. The molecule has 2 aromatic rings. The number of benzene rings is 1. The summed E-state index contributed by atoms with van der Waals surface area (Å²) in [5.41, 5.74) is 0.174. The number of nitrogens with zero attached hydrogens (tertiary/aromatic N) is 2. The van der Waals surface area contributed by atoms with E-state index in [0.29, 0.717) is 15.6 Å². The van der Waals surface area contributed by atoms with E-state index in [1.165, 1.54) is 6.92 Å². The van der Waals surface area contributed by atoms with Crippen LogP contribution in [0, 0.1) is 3.95 Å². The average Bonchev–Trinajstić information content (AvgIpc) is 2.94. The summed E-state index contributed by atoms with van der Waals surface area (Å²) in [6.45, 7) is 1.39. The zero-order valence-electron chi connectivity index (χ0n) is 11.6. The third kappa shape index (κ3) is 2.48. The molecule has 9 heteroatoms. The first-order chi connectivity index (χ1) is 10.8. The smallest absolute Gasteiger partial charge is 0.326 e. The van der Waals surface area contributed by atoms with Crippen LogP contribution in [-0.2, 0) is 9.59 Å². The predicted octanol–water partition coefficient (Wildman–Crippen LogP) is 1.64. The van der Waals surface area contributed by atoms with Gasteiger partial charge in [-0.1, -0.05) is 11.6 Å². The van der Waals surface area contributed by atoms with Gasteiger partial charge in [0.15, 0.2) is 3.95 Å². The molecular formula is C14H9ClN2O4S2. The molecule has 0 bridgehead atoms. The van der Waals surface area contributed by atoms with E-state index in [-0.39, 0.29) is 20.3 Å². The number of carboxylic acids is 1. The summed E-state index contributed by atoms with van der Waals surface area (Å²) in [6.07, 6.45) is 0. The molecular weight excluding hydrogens is 360 g/mol. The Kier molecular flexibility index (Phi) is 3.83. The van der Waals surface area contributed by atoms with Crippen molar-refractivity contribution in [1.82, 2.24) is 4.57 Å². The Bertz CT molecular complexity index is 1040. The average molecular weight is 369 g/mol. The first-order valence-electron chi connectivity index (χ1n) is 6.41. The predicted molar refractivity (Wildman–Crippen MR) is 86.9 cm³/mol. The quantitative estimate of drug-likeness (QED) is 0.803. The molecule has 3 rings (SSSR count). The molecule has 1 aromatic heterocycles. The van der Waals surface area contributed by atoms with Gasteiger partial charge in [0.1, 0.15) is 10.9 Å². The Hall–Kier alpha value is -2.03. The van der Waals surface area contributed by atoms with Crippen LogP contribution in [0.2, 0.25) is 5.02 Å². The Labute approximate surface area is 143 Å². The Balaban J connectivity index is 2.33. The second-order valence-corrected chi connectivity index (χ2v) is 6.94. The molecule has 118 valence electrons. The number of rotatable bonds is 3. The van der Waals surface area contributed by atoms with Crippen molar-refractivity contribution in [2.75, 3.05) is 0 Å². The third-order valence-electron chi connectivity index (χ3n) is 3.45. The highest BCUT2D eigenvalue weighted by molar-refractivity contribution is 7.73. The molecule has 0 spiro atoms. The maximum Gasteiger partial charge on any atom is 0.326 e. The first-order valence-corrected chi connectivity index (χ1v) is 8.02. The summed E-state index contributed by atoms with van der Waals surface area (Å²) >= 11 is 12.1. The number of aromatic nitrogens is 1. The summed E-state index contributed by atoms with van der Waals surface area (Å²) < 4.78 is 1.25. The molecule has 0 radical (unpaired) electrons. The van der Waals surface area contributed by atoms with Gasteiger partial charge in [0.2, 0.25) is 5.88 Å². The number of aromatic hydroxyl groups is 1. The summed E-state index contributed by atoms with van der Waals surface area (Å²) in [7, 11) is 0. The van der Waals surface area contributed by atoms with Gasteiger partial charge in [0.25, 0.3) is 5.91 Å². The molecule has 23 heavy (non-hydrogen) atoms. The Morgan fingerprint density at radius 3 is 2.83 bits per heavy atom. The molecule has 1 amide bonds. The van der Waals surface area contributed by atoms with Gasteiger partial charge in [-0.3, -0.25) is 9.36 Å². The monoisotopic (exact) mass is 368 g/mol. The van der Waals surface area contributed by atoms with E-state index in [9.17, 15) is 14.7 Å². The maximum absolute atomic E-state index is 12.2. The van der Waals surface area contributed by atoms with Gasteiger partial charge in [0.05, 0.1) is 10.9 Å².